The highest BCUT2D eigenvalue weighted by atomic mass is 32.2. The lowest BCUT2D eigenvalue weighted by atomic mass is 10.0. The molecule has 29 heavy (non-hydrogen) atoms. The minimum Gasteiger partial charge on any atom is -0.489 e. The van der Waals surface area contributed by atoms with E-state index in [1.807, 2.05) is 12.3 Å². The number of ether oxygens (including phenoxy) is 1. The van der Waals surface area contributed by atoms with E-state index >= 15 is 0 Å². The van der Waals surface area contributed by atoms with Gasteiger partial charge in [-0.3, -0.25) is 4.79 Å². The molecule has 2 rings (SSSR count). The zero-order valence-electron chi connectivity index (χ0n) is 15.5. The van der Waals surface area contributed by atoms with Gasteiger partial charge in [0, 0.05) is 10.5 Å². The van der Waals surface area contributed by atoms with E-state index < -0.39 is 35.5 Å². The number of hydrogen-bond donors (Lipinski definition) is 1. The minimum absolute atomic E-state index is 0.0235. The SMILES string of the molecule is CSc1ccc(C(=O)N[C@](C)(C#N)COc2cc(C#N)ccc2C(F)(F)F)cc1. The summed E-state index contributed by atoms with van der Waals surface area (Å²) in [6, 6.07) is 12.9. The van der Waals surface area contributed by atoms with Gasteiger partial charge in [-0.2, -0.15) is 23.7 Å². The number of nitriles is 2. The molecule has 0 heterocycles. The van der Waals surface area contributed by atoms with Crippen molar-refractivity contribution in [2.24, 2.45) is 0 Å². The van der Waals surface area contributed by atoms with E-state index in [0.29, 0.717) is 5.56 Å². The summed E-state index contributed by atoms with van der Waals surface area (Å²) in [5.41, 5.74) is -2.40. The number of thioether (sulfide) groups is 1. The Labute approximate surface area is 170 Å². The molecule has 0 unspecified atom stereocenters. The predicted molar refractivity (Wildman–Crippen MR) is 101 cm³/mol. The first kappa shape index (κ1) is 22.1. The molecule has 5 nitrogen and oxygen atoms in total. The maximum atomic E-state index is 13.2. The molecular weight excluding hydrogens is 403 g/mol. The van der Waals surface area contributed by atoms with Crippen LogP contribution < -0.4 is 10.1 Å². The fourth-order valence-corrected chi connectivity index (χ4v) is 2.74. The molecule has 1 amide bonds. The van der Waals surface area contributed by atoms with Gasteiger partial charge in [-0.15, -0.1) is 11.8 Å². The first-order chi connectivity index (χ1) is 13.6. The van der Waals surface area contributed by atoms with Crippen molar-refractivity contribution in [2.75, 3.05) is 12.9 Å². The standard InChI is InChI=1S/C20H16F3N3O2S/c1-19(11-25,26-18(27)14-4-6-15(29-2)7-5-14)12-28-17-9-13(10-24)3-8-16(17)20(21,22)23/h3-9H,12H2,1-2H3,(H,26,27)/t19-/m1/s1. The summed E-state index contributed by atoms with van der Waals surface area (Å²) in [6.45, 7) is 0.790. The van der Waals surface area contributed by atoms with Crippen LogP contribution in [0, 0.1) is 22.7 Å². The summed E-state index contributed by atoms with van der Waals surface area (Å²) in [7, 11) is 0. The molecule has 2 aromatic rings. The van der Waals surface area contributed by atoms with Crippen LogP contribution in [-0.4, -0.2) is 24.3 Å². The molecule has 0 saturated heterocycles. The van der Waals surface area contributed by atoms with Crippen molar-refractivity contribution in [1.29, 1.82) is 10.5 Å². The second-order valence-electron chi connectivity index (χ2n) is 6.24. The van der Waals surface area contributed by atoms with Crippen LogP contribution in [0.25, 0.3) is 0 Å². The van der Waals surface area contributed by atoms with Crippen LogP contribution in [0.5, 0.6) is 5.75 Å². The smallest absolute Gasteiger partial charge is 0.419 e. The Kier molecular flexibility index (Phi) is 6.78. The van der Waals surface area contributed by atoms with Crippen molar-refractivity contribution in [3.63, 3.8) is 0 Å². The van der Waals surface area contributed by atoms with Crippen LogP contribution in [0.3, 0.4) is 0 Å². The van der Waals surface area contributed by atoms with Crippen LogP contribution in [-0.2, 0) is 6.18 Å². The molecule has 1 atom stereocenters. The summed E-state index contributed by atoms with van der Waals surface area (Å²) in [5, 5.41) is 20.8. The van der Waals surface area contributed by atoms with Crippen molar-refractivity contribution < 1.29 is 22.7 Å². The number of carbonyl (C=O) groups excluding carboxylic acids is 1. The molecule has 0 bridgehead atoms. The van der Waals surface area contributed by atoms with Crippen molar-refractivity contribution in [3.8, 4) is 17.9 Å². The van der Waals surface area contributed by atoms with Gasteiger partial charge >= 0.3 is 6.18 Å². The summed E-state index contributed by atoms with van der Waals surface area (Å²) in [6.07, 6.45) is -2.82. The van der Waals surface area contributed by atoms with Crippen molar-refractivity contribution in [3.05, 3.63) is 59.2 Å². The van der Waals surface area contributed by atoms with E-state index in [0.717, 1.165) is 23.1 Å². The Morgan fingerprint density at radius 3 is 2.34 bits per heavy atom. The first-order valence-corrected chi connectivity index (χ1v) is 9.46. The second kappa shape index (κ2) is 8.89. The second-order valence-corrected chi connectivity index (χ2v) is 7.12. The number of hydrogen-bond acceptors (Lipinski definition) is 5. The van der Waals surface area contributed by atoms with Crippen LogP contribution in [0.2, 0.25) is 0 Å². The van der Waals surface area contributed by atoms with Gasteiger partial charge in [0.15, 0.2) is 5.54 Å². The highest BCUT2D eigenvalue weighted by molar-refractivity contribution is 7.98. The predicted octanol–water partition coefficient (Wildman–Crippen LogP) is 4.39. The van der Waals surface area contributed by atoms with Gasteiger partial charge in [-0.25, -0.2) is 0 Å². The number of benzene rings is 2. The van der Waals surface area contributed by atoms with Gasteiger partial charge in [0.05, 0.1) is 23.3 Å². The van der Waals surface area contributed by atoms with Crippen LogP contribution in [0.15, 0.2) is 47.4 Å². The minimum atomic E-state index is -4.70. The van der Waals surface area contributed by atoms with Gasteiger partial charge in [0.2, 0.25) is 0 Å². The number of alkyl halides is 3. The average Bonchev–Trinajstić information content (AvgIpc) is 2.71. The Hall–Kier alpha value is -3.17. The molecular formula is C20H16F3N3O2S. The summed E-state index contributed by atoms with van der Waals surface area (Å²) in [4.78, 5) is 13.4. The normalized spacial score (nSPS) is 12.9. The fraction of sp³-hybridized carbons (Fsp3) is 0.250. The highest BCUT2D eigenvalue weighted by Gasteiger charge is 2.36. The number of nitrogens with zero attached hydrogens (tertiary/aromatic N) is 2. The topological polar surface area (TPSA) is 85.9 Å². The Morgan fingerprint density at radius 1 is 1.17 bits per heavy atom. The third kappa shape index (κ3) is 5.66. The van der Waals surface area contributed by atoms with E-state index in [9.17, 15) is 23.2 Å². The molecule has 0 aromatic heterocycles. The number of rotatable bonds is 6. The lowest BCUT2D eigenvalue weighted by Gasteiger charge is -2.24. The molecule has 9 heteroatoms. The van der Waals surface area contributed by atoms with E-state index in [1.54, 1.807) is 30.3 Å². The number of carbonyl (C=O) groups is 1. The lowest BCUT2D eigenvalue weighted by Crippen LogP contribution is -2.49. The molecule has 1 N–H and O–H groups in total. The molecule has 0 saturated carbocycles. The van der Waals surface area contributed by atoms with Crippen LogP contribution >= 0.6 is 11.8 Å². The molecule has 0 aliphatic carbocycles. The van der Waals surface area contributed by atoms with E-state index in [4.69, 9.17) is 10.00 Å². The third-order valence-corrected chi connectivity index (χ3v) is 4.66. The van der Waals surface area contributed by atoms with E-state index in [1.165, 1.54) is 18.7 Å². The average molecular weight is 419 g/mol. The van der Waals surface area contributed by atoms with Gasteiger partial charge in [-0.05, 0) is 55.6 Å². The quantitative estimate of drug-likeness (QED) is 0.702. The molecule has 0 radical (unpaired) electrons. The van der Waals surface area contributed by atoms with Crippen LogP contribution in [0.4, 0.5) is 13.2 Å². The molecule has 0 spiro atoms. The van der Waals surface area contributed by atoms with Crippen LogP contribution in [0.1, 0.15) is 28.4 Å². The zero-order valence-corrected chi connectivity index (χ0v) is 16.3. The molecule has 0 aliphatic rings. The van der Waals surface area contributed by atoms with Crippen molar-refractivity contribution in [2.45, 2.75) is 23.5 Å². The maximum Gasteiger partial charge on any atom is 0.419 e. The number of halogens is 3. The number of nitrogens with one attached hydrogen (secondary N) is 1. The lowest BCUT2D eigenvalue weighted by molar-refractivity contribution is -0.139. The first-order valence-electron chi connectivity index (χ1n) is 8.24. The third-order valence-electron chi connectivity index (χ3n) is 3.92. The largest absolute Gasteiger partial charge is 0.489 e. The summed E-state index contributed by atoms with van der Waals surface area (Å²) >= 11 is 1.50. The monoisotopic (exact) mass is 419 g/mol. The highest BCUT2D eigenvalue weighted by Crippen LogP contribution is 2.37. The van der Waals surface area contributed by atoms with Gasteiger partial charge in [-0.1, -0.05) is 0 Å². The van der Waals surface area contributed by atoms with E-state index in [-0.39, 0.29) is 5.56 Å². The van der Waals surface area contributed by atoms with Crippen molar-refractivity contribution in [1.82, 2.24) is 5.32 Å². The Morgan fingerprint density at radius 2 is 1.83 bits per heavy atom. The summed E-state index contributed by atoms with van der Waals surface area (Å²) < 4.78 is 44.8. The van der Waals surface area contributed by atoms with Crippen molar-refractivity contribution >= 4 is 17.7 Å². The number of amides is 1. The van der Waals surface area contributed by atoms with E-state index in [2.05, 4.69) is 5.32 Å². The fourth-order valence-electron chi connectivity index (χ4n) is 2.33. The Balaban J connectivity index is 2.19. The maximum absolute atomic E-state index is 13.2. The molecule has 2 aromatic carbocycles. The van der Waals surface area contributed by atoms with Gasteiger partial charge in [0.1, 0.15) is 12.4 Å². The summed E-state index contributed by atoms with van der Waals surface area (Å²) in [5.74, 6) is -1.15. The van der Waals surface area contributed by atoms with Gasteiger partial charge in [0.25, 0.3) is 5.91 Å². The zero-order chi connectivity index (χ0) is 21.7. The Bertz CT molecular complexity index is 978. The molecule has 150 valence electrons. The molecule has 0 fully saturated rings. The van der Waals surface area contributed by atoms with Gasteiger partial charge < -0.3 is 10.1 Å². The molecule has 0 aliphatic heterocycles.